The Morgan fingerprint density at radius 1 is 1.08 bits per heavy atom. The highest BCUT2D eigenvalue weighted by Crippen LogP contribution is 2.45. The zero-order chi connectivity index (χ0) is 17.2. The Labute approximate surface area is 142 Å². The average Bonchev–Trinajstić information content (AvgIpc) is 3.28. The molecule has 0 bridgehead atoms. The molecule has 0 atom stereocenters. The van der Waals surface area contributed by atoms with E-state index in [-0.39, 0.29) is 17.2 Å². The number of hydrogen-bond acceptors (Lipinski definition) is 3. The molecule has 128 valence electrons. The smallest absolute Gasteiger partial charge is 0.315 e. The first-order valence-corrected chi connectivity index (χ1v) is 10.1. The van der Waals surface area contributed by atoms with E-state index in [9.17, 15) is 13.2 Å². The minimum absolute atomic E-state index is 0.142. The van der Waals surface area contributed by atoms with Gasteiger partial charge in [0.05, 0.1) is 5.75 Å². The summed E-state index contributed by atoms with van der Waals surface area (Å²) >= 11 is 0. The fraction of sp³-hybridized carbons (Fsp3) is 0.389. The van der Waals surface area contributed by atoms with E-state index in [1.165, 1.54) is 6.26 Å². The lowest BCUT2D eigenvalue weighted by Gasteiger charge is -2.15. The van der Waals surface area contributed by atoms with Crippen LogP contribution < -0.4 is 10.6 Å². The first-order chi connectivity index (χ1) is 11.4. The maximum atomic E-state index is 12.0. The van der Waals surface area contributed by atoms with Gasteiger partial charge in [0.25, 0.3) is 0 Å². The van der Waals surface area contributed by atoms with Gasteiger partial charge in [-0.15, -0.1) is 0 Å². The minimum Gasteiger partial charge on any atom is -0.338 e. The molecule has 1 fully saturated rings. The molecule has 0 unspecified atom stereocenters. The van der Waals surface area contributed by atoms with Gasteiger partial charge >= 0.3 is 6.03 Å². The van der Waals surface area contributed by atoms with Gasteiger partial charge in [-0.1, -0.05) is 42.5 Å². The molecule has 1 aliphatic carbocycles. The molecule has 24 heavy (non-hydrogen) atoms. The maximum absolute atomic E-state index is 12.0. The van der Waals surface area contributed by atoms with E-state index in [2.05, 4.69) is 10.6 Å². The van der Waals surface area contributed by atoms with E-state index < -0.39 is 9.84 Å². The van der Waals surface area contributed by atoms with E-state index in [0.717, 1.165) is 29.2 Å². The summed E-state index contributed by atoms with van der Waals surface area (Å²) in [5.41, 5.74) is 0.796. The molecule has 1 saturated carbocycles. The lowest BCUT2D eigenvalue weighted by molar-refractivity contribution is 0.238. The second-order valence-electron chi connectivity index (χ2n) is 6.74. The second kappa shape index (κ2) is 6.43. The summed E-state index contributed by atoms with van der Waals surface area (Å²) in [6.45, 7) is 0.841. The van der Waals surface area contributed by atoms with Crippen LogP contribution in [0.25, 0.3) is 10.8 Å². The molecule has 2 amide bonds. The van der Waals surface area contributed by atoms with E-state index in [0.29, 0.717) is 13.1 Å². The minimum atomic E-state index is -3.02. The van der Waals surface area contributed by atoms with Crippen molar-refractivity contribution >= 4 is 26.6 Å². The molecule has 2 aromatic rings. The first-order valence-electron chi connectivity index (χ1n) is 8.03. The summed E-state index contributed by atoms with van der Waals surface area (Å²) in [6.07, 6.45) is 2.95. The Bertz CT molecular complexity index is 852. The van der Waals surface area contributed by atoms with Gasteiger partial charge in [0, 0.05) is 24.8 Å². The van der Waals surface area contributed by atoms with Gasteiger partial charge in [-0.05, 0) is 29.2 Å². The van der Waals surface area contributed by atoms with Crippen molar-refractivity contribution in [2.75, 3.05) is 18.6 Å². The molecular weight excluding hydrogens is 324 g/mol. The third-order valence-electron chi connectivity index (χ3n) is 4.47. The Morgan fingerprint density at radius 3 is 2.50 bits per heavy atom. The monoisotopic (exact) mass is 346 g/mol. The number of benzene rings is 2. The van der Waals surface area contributed by atoms with E-state index in [1.807, 2.05) is 42.5 Å². The van der Waals surface area contributed by atoms with Crippen LogP contribution in [0.5, 0.6) is 0 Å². The molecule has 2 aromatic carbocycles. The van der Waals surface area contributed by atoms with Gasteiger partial charge < -0.3 is 10.6 Å². The molecule has 0 heterocycles. The number of hydrogen-bond donors (Lipinski definition) is 2. The van der Waals surface area contributed by atoms with E-state index >= 15 is 0 Å². The van der Waals surface area contributed by atoms with Crippen LogP contribution in [-0.2, 0) is 16.4 Å². The van der Waals surface area contributed by atoms with Crippen LogP contribution >= 0.6 is 0 Å². The lowest BCUT2D eigenvalue weighted by Crippen LogP contribution is -2.40. The number of rotatable bonds is 6. The highest BCUT2D eigenvalue weighted by Gasteiger charge is 2.45. The molecule has 3 rings (SSSR count). The van der Waals surface area contributed by atoms with Crippen LogP contribution in [0.3, 0.4) is 0 Å². The standard InChI is InChI=1S/C18H22N2O3S/c1-24(22,23)13-18(9-10-18)12-20-17(21)19-11-15-7-4-6-14-5-2-3-8-16(14)15/h2-8H,9-13H2,1H3,(H2,19,20,21). The Hall–Kier alpha value is -2.08. The van der Waals surface area contributed by atoms with Crippen molar-refractivity contribution in [3.8, 4) is 0 Å². The summed E-state index contributed by atoms with van der Waals surface area (Å²) in [6, 6.07) is 13.8. The molecule has 0 spiro atoms. The van der Waals surface area contributed by atoms with Gasteiger partial charge in [0.1, 0.15) is 9.84 Å². The van der Waals surface area contributed by atoms with Gasteiger partial charge in [0.15, 0.2) is 0 Å². The normalized spacial score (nSPS) is 15.9. The Kier molecular flexibility index (Phi) is 4.49. The van der Waals surface area contributed by atoms with Gasteiger partial charge in [-0.2, -0.15) is 0 Å². The number of amides is 2. The second-order valence-corrected chi connectivity index (χ2v) is 8.88. The molecule has 6 heteroatoms. The quantitative estimate of drug-likeness (QED) is 0.844. The van der Waals surface area contributed by atoms with Gasteiger partial charge in [0.2, 0.25) is 0 Å². The van der Waals surface area contributed by atoms with Gasteiger partial charge in [-0.3, -0.25) is 0 Å². The molecule has 2 N–H and O–H groups in total. The zero-order valence-electron chi connectivity index (χ0n) is 13.7. The highest BCUT2D eigenvalue weighted by atomic mass is 32.2. The third-order valence-corrected chi connectivity index (χ3v) is 5.61. The fourth-order valence-electron chi connectivity index (χ4n) is 3.06. The van der Waals surface area contributed by atoms with E-state index in [4.69, 9.17) is 0 Å². The zero-order valence-corrected chi connectivity index (χ0v) is 14.5. The summed E-state index contributed by atoms with van der Waals surface area (Å²) < 4.78 is 22.9. The number of nitrogens with one attached hydrogen (secondary N) is 2. The molecule has 0 saturated heterocycles. The highest BCUT2D eigenvalue weighted by molar-refractivity contribution is 7.90. The number of urea groups is 1. The number of fused-ring (bicyclic) bond motifs is 1. The van der Waals surface area contributed by atoms with Crippen LogP contribution in [-0.4, -0.2) is 33.0 Å². The molecule has 1 aliphatic rings. The predicted molar refractivity (Wildman–Crippen MR) is 95.6 cm³/mol. The lowest BCUT2D eigenvalue weighted by atomic mass is 10.0. The summed E-state index contributed by atoms with van der Waals surface area (Å²) in [7, 11) is -3.02. The van der Waals surface area contributed by atoms with E-state index in [1.54, 1.807) is 0 Å². The van der Waals surface area contributed by atoms with Gasteiger partial charge in [-0.25, -0.2) is 13.2 Å². The van der Waals surface area contributed by atoms with Crippen molar-refractivity contribution in [1.29, 1.82) is 0 Å². The number of carbonyl (C=O) groups excluding carboxylic acids is 1. The maximum Gasteiger partial charge on any atom is 0.315 e. The van der Waals surface area contributed by atoms with Crippen LogP contribution in [0.1, 0.15) is 18.4 Å². The van der Waals surface area contributed by atoms with Crippen LogP contribution in [0.15, 0.2) is 42.5 Å². The average molecular weight is 346 g/mol. The summed E-state index contributed by atoms with van der Waals surface area (Å²) in [4.78, 5) is 12.0. The van der Waals surface area contributed by atoms with Crippen molar-refractivity contribution < 1.29 is 13.2 Å². The molecule has 0 aromatic heterocycles. The van der Waals surface area contributed by atoms with Crippen molar-refractivity contribution in [3.63, 3.8) is 0 Å². The molecule has 0 radical (unpaired) electrons. The molecule has 5 nitrogen and oxygen atoms in total. The van der Waals surface area contributed by atoms with Crippen LogP contribution in [0.4, 0.5) is 4.79 Å². The van der Waals surface area contributed by atoms with Crippen LogP contribution in [0.2, 0.25) is 0 Å². The Morgan fingerprint density at radius 2 is 1.79 bits per heavy atom. The molecular formula is C18H22N2O3S. The summed E-state index contributed by atoms with van der Waals surface area (Å²) in [5.74, 6) is 0.142. The number of carbonyl (C=O) groups is 1. The Balaban J connectivity index is 1.54. The predicted octanol–water partition coefficient (Wildman–Crippen LogP) is 2.46. The molecule has 0 aliphatic heterocycles. The van der Waals surface area contributed by atoms with Crippen LogP contribution in [0, 0.1) is 5.41 Å². The van der Waals surface area contributed by atoms with Crippen molar-refractivity contribution in [1.82, 2.24) is 10.6 Å². The van der Waals surface area contributed by atoms with Crippen molar-refractivity contribution in [2.24, 2.45) is 5.41 Å². The van der Waals surface area contributed by atoms with Crippen molar-refractivity contribution in [3.05, 3.63) is 48.0 Å². The van der Waals surface area contributed by atoms with Crippen molar-refractivity contribution in [2.45, 2.75) is 19.4 Å². The third kappa shape index (κ3) is 4.26. The summed E-state index contributed by atoms with van der Waals surface area (Å²) in [5, 5.41) is 7.93. The SMILES string of the molecule is CS(=O)(=O)CC1(CNC(=O)NCc2cccc3ccccc23)CC1. The topological polar surface area (TPSA) is 75.3 Å². The first kappa shape index (κ1) is 16.8. The largest absolute Gasteiger partial charge is 0.338 e. The number of sulfone groups is 1. The fourth-order valence-corrected chi connectivity index (χ4v) is 4.56.